The molecule has 4 aromatic rings. The summed E-state index contributed by atoms with van der Waals surface area (Å²) >= 11 is 1.21. The van der Waals surface area contributed by atoms with E-state index in [0.717, 1.165) is 5.56 Å². The highest BCUT2D eigenvalue weighted by Crippen LogP contribution is 2.31. The molecule has 1 atom stereocenters. The Morgan fingerprint density at radius 3 is 2.49 bits per heavy atom. The van der Waals surface area contributed by atoms with Crippen molar-refractivity contribution < 1.29 is 24.2 Å². The molecule has 0 aliphatic carbocycles. The van der Waals surface area contributed by atoms with E-state index in [2.05, 4.69) is 10.3 Å². The normalized spacial score (nSPS) is 14.7. The van der Waals surface area contributed by atoms with Gasteiger partial charge in [-0.25, -0.2) is 9.79 Å². The van der Waals surface area contributed by atoms with Gasteiger partial charge in [0.15, 0.2) is 11.4 Å². The van der Waals surface area contributed by atoms with E-state index in [9.17, 15) is 14.4 Å². The molecule has 0 saturated heterocycles. The maximum Gasteiger partial charge on any atom is 0.341 e. The molecule has 0 radical (unpaired) electrons. The number of fused-ring (bicyclic) bond motifs is 1. The van der Waals surface area contributed by atoms with Crippen molar-refractivity contribution in [2.24, 2.45) is 4.99 Å². The average molecular weight is 570 g/mol. The highest BCUT2D eigenvalue weighted by Gasteiger charge is 2.32. The first-order valence-corrected chi connectivity index (χ1v) is 13.7. The molecule has 1 amide bonds. The number of carbonyl (C=O) groups excluding carboxylic acids is 1. The highest BCUT2D eigenvalue weighted by atomic mass is 32.1. The van der Waals surface area contributed by atoms with Gasteiger partial charge in [0.1, 0.15) is 11.5 Å². The summed E-state index contributed by atoms with van der Waals surface area (Å²) in [6.07, 6.45) is 1.70. The summed E-state index contributed by atoms with van der Waals surface area (Å²) in [6.45, 7) is 3.71. The van der Waals surface area contributed by atoms with Crippen molar-refractivity contribution in [3.05, 3.63) is 121 Å². The highest BCUT2D eigenvalue weighted by molar-refractivity contribution is 7.07. The molecule has 5 rings (SSSR count). The summed E-state index contributed by atoms with van der Waals surface area (Å²) in [5.41, 5.74) is 2.59. The van der Waals surface area contributed by atoms with E-state index in [1.165, 1.54) is 11.3 Å². The van der Waals surface area contributed by atoms with Crippen LogP contribution in [0.4, 0.5) is 5.69 Å². The van der Waals surface area contributed by atoms with Gasteiger partial charge in [-0.1, -0.05) is 53.8 Å². The summed E-state index contributed by atoms with van der Waals surface area (Å²) in [7, 11) is 0. The van der Waals surface area contributed by atoms with Crippen LogP contribution in [0.2, 0.25) is 0 Å². The van der Waals surface area contributed by atoms with Crippen LogP contribution in [-0.2, 0) is 9.59 Å². The van der Waals surface area contributed by atoms with Crippen molar-refractivity contribution in [3.63, 3.8) is 0 Å². The van der Waals surface area contributed by atoms with Crippen LogP contribution in [0.15, 0.2) is 99.9 Å². The molecule has 1 aliphatic rings. The van der Waals surface area contributed by atoms with Gasteiger partial charge in [-0.2, -0.15) is 0 Å². The molecular weight excluding hydrogens is 542 g/mol. The van der Waals surface area contributed by atoms with E-state index in [-0.39, 0.29) is 11.5 Å². The number of aliphatic carboxylic acids is 1. The third kappa shape index (κ3) is 6.12. The van der Waals surface area contributed by atoms with Gasteiger partial charge < -0.3 is 19.9 Å². The monoisotopic (exact) mass is 569 g/mol. The Labute approximate surface area is 239 Å². The fraction of sp³-hybridized carbons (Fsp3) is 0.161. The number of hydrogen-bond acceptors (Lipinski definition) is 7. The molecule has 10 heteroatoms. The van der Waals surface area contributed by atoms with Gasteiger partial charge in [0.2, 0.25) is 0 Å². The largest absolute Gasteiger partial charge is 0.494 e. The second-order valence-electron chi connectivity index (χ2n) is 9.16. The number of nitrogens with zero attached hydrogens (tertiary/aromatic N) is 2. The van der Waals surface area contributed by atoms with E-state index >= 15 is 0 Å². The molecule has 2 N–H and O–H groups in total. The number of aromatic nitrogens is 1. The van der Waals surface area contributed by atoms with Gasteiger partial charge in [0, 0.05) is 5.69 Å². The minimum absolute atomic E-state index is 0.304. The first-order valence-electron chi connectivity index (χ1n) is 12.9. The van der Waals surface area contributed by atoms with Crippen molar-refractivity contribution in [3.8, 4) is 11.5 Å². The predicted molar refractivity (Wildman–Crippen MR) is 156 cm³/mol. The Morgan fingerprint density at radius 1 is 1.02 bits per heavy atom. The van der Waals surface area contributed by atoms with E-state index in [1.807, 2.05) is 49.4 Å². The third-order valence-corrected chi connectivity index (χ3v) is 7.31. The second-order valence-corrected chi connectivity index (χ2v) is 10.2. The lowest BCUT2D eigenvalue weighted by Crippen LogP contribution is -2.40. The smallest absolute Gasteiger partial charge is 0.341 e. The minimum atomic E-state index is -1.08. The SMILES string of the molecule is CCOc1ccc([C@@H]2C(C(=O)Nc3ccccc3)=C(C)N=c3s/c(=C\c4cccc(OCC(=O)O)c4)c(=O)n32)cc1. The van der Waals surface area contributed by atoms with Crippen LogP contribution in [0.5, 0.6) is 11.5 Å². The predicted octanol–water partition coefficient (Wildman–Crippen LogP) is 3.74. The molecule has 1 aromatic heterocycles. The Bertz CT molecular complexity index is 1810. The van der Waals surface area contributed by atoms with Crippen LogP contribution >= 0.6 is 11.3 Å². The maximum atomic E-state index is 13.9. The molecule has 0 spiro atoms. The summed E-state index contributed by atoms with van der Waals surface area (Å²) in [5, 5.41) is 11.8. The number of benzene rings is 3. The molecule has 0 unspecified atom stereocenters. The van der Waals surface area contributed by atoms with Crippen molar-refractivity contribution in [1.29, 1.82) is 0 Å². The standard InChI is InChI=1S/C31H27N3O6S/c1-3-39-23-14-12-21(13-15-23)28-27(29(37)33-22-9-5-4-6-10-22)19(2)32-31-34(28)30(38)25(41-31)17-20-8-7-11-24(16-20)40-18-26(35)36/h4-17,28H,3,18H2,1-2H3,(H,33,37)(H,35,36)/b25-17-/t28-/m1/s1. The van der Waals surface area contributed by atoms with Gasteiger partial charge in [0.05, 0.1) is 28.5 Å². The number of allylic oxidation sites excluding steroid dienone is 1. The van der Waals surface area contributed by atoms with Crippen molar-refractivity contribution in [1.82, 2.24) is 4.57 Å². The lowest BCUT2D eigenvalue weighted by atomic mass is 9.95. The van der Waals surface area contributed by atoms with Crippen LogP contribution in [0, 0.1) is 0 Å². The number of thiazole rings is 1. The molecule has 3 aromatic carbocycles. The Balaban J connectivity index is 1.60. The van der Waals surface area contributed by atoms with E-state index in [1.54, 1.807) is 54.0 Å². The fourth-order valence-corrected chi connectivity index (χ4v) is 5.60. The van der Waals surface area contributed by atoms with Crippen LogP contribution in [-0.4, -0.2) is 34.8 Å². The molecule has 1 aliphatic heterocycles. The van der Waals surface area contributed by atoms with E-state index in [0.29, 0.717) is 50.0 Å². The first kappa shape index (κ1) is 27.6. The lowest BCUT2D eigenvalue weighted by molar-refractivity contribution is -0.139. The minimum Gasteiger partial charge on any atom is -0.494 e. The number of anilines is 1. The number of ether oxygens (including phenoxy) is 2. The molecule has 0 saturated carbocycles. The number of amides is 1. The zero-order valence-electron chi connectivity index (χ0n) is 22.4. The molecule has 9 nitrogen and oxygen atoms in total. The molecular formula is C31H27N3O6S. The number of carboxylic acids is 1. The number of carbonyl (C=O) groups is 2. The number of nitrogens with one attached hydrogen (secondary N) is 1. The van der Waals surface area contributed by atoms with Crippen LogP contribution < -0.4 is 29.7 Å². The van der Waals surface area contributed by atoms with E-state index < -0.39 is 18.6 Å². The van der Waals surface area contributed by atoms with Crippen LogP contribution in [0.1, 0.15) is 31.0 Å². The maximum absolute atomic E-state index is 13.9. The van der Waals surface area contributed by atoms with Crippen molar-refractivity contribution in [2.75, 3.05) is 18.5 Å². The Morgan fingerprint density at radius 2 is 1.78 bits per heavy atom. The molecule has 0 fully saturated rings. The summed E-state index contributed by atoms with van der Waals surface area (Å²) in [6, 6.07) is 22.6. The zero-order chi connectivity index (χ0) is 28.9. The molecule has 41 heavy (non-hydrogen) atoms. The molecule has 208 valence electrons. The Kier molecular flexibility index (Phi) is 8.11. The van der Waals surface area contributed by atoms with Crippen LogP contribution in [0.3, 0.4) is 0 Å². The second kappa shape index (κ2) is 12.1. The van der Waals surface area contributed by atoms with Gasteiger partial charge >= 0.3 is 5.97 Å². The summed E-state index contributed by atoms with van der Waals surface area (Å²) in [5.74, 6) is -0.379. The first-order chi connectivity index (χ1) is 19.8. The van der Waals surface area contributed by atoms with Gasteiger partial charge in [-0.3, -0.25) is 14.2 Å². The number of para-hydroxylation sites is 1. The zero-order valence-corrected chi connectivity index (χ0v) is 23.2. The number of rotatable bonds is 9. The average Bonchev–Trinajstić information content (AvgIpc) is 3.26. The fourth-order valence-electron chi connectivity index (χ4n) is 4.55. The Hall–Kier alpha value is -4.96. The van der Waals surface area contributed by atoms with Crippen molar-refractivity contribution >= 4 is 35.0 Å². The number of hydrogen-bond donors (Lipinski definition) is 2. The van der Waals surface area contributed by atoms with Gasteiger partial charge in [-0.05, 0) is 67.4 Å². The number of carboxylic acid groups (broad SMARTS) is 1. The van der Waals surface area contributed by atoms with Crippen LogP contribution in [0.25, 0.3) is 6.08 Å². The van der Waals surface area contributed by atoms with E-state index in [4.69, 9.17) is 14.6 Å². The quantitative estimate of drug-likeness (QED) is 0.317. The molecule has 2 heterocycles. The topological polar surface area (TPSA) is 119 Å². The summed E-state index contributed by atoms with van der Waals surface area (Å²) < 4.78 is 12.8. The summed E-state index contributed by atoms with van der Waals surface area (Å²) in [4.78, 5) is 43.6. The molecule has 0 bridgehead atoms. The van der Waals surface area contributed by atoms with Gasteiger partial charge in [0.25, 0.3) is 11.5 Å². The lowest BCUT2D eigenvalue weighted by Gasteiger charge is -2.25. The third-order valence-electron chi connectivity index (χ3n) is 6.32. The van der Waals surface area contributed by atoms with Crippen molar-refractivity contribution in [2.45, 2.75) is 19.9 Å². The van der Waals surface area contributed by atoms with Gasteiger partial charge in [-0.15, -0.1) is 0 Å².